The van der Waals surface area contributed by atoms with Crippen molar-refractivity contribution in [3.63, 3.8) is 0 Å². The Hall–Kier alpha value is -2.79. The van der Waals surface area contributed by atoms with Crippen molar-refractivity contribution in [2.75, 3.05) is 20.1 Å². The molecule has 1 fully saturated rings. The van der Waals surface area contributed by atoms with Gasteiger partial charge in [-0.2, -0.15) is 0 Å². The summed E-state index contributed by atoms with van der Waals surface area (Å²) in [4.78, 5) is 24.3. The summed E-state index contributed by atoms with van der Waals surface area (Å²) in [7, 11) is 2.12. The molecule has 1 aliphatic heterocycles. The highest BCUT2D eigenvalue weighted by molar-refractivity contribution is 5.95. The number of hydrogen-bond donors (Lipinski definition) is 1. The van der Waals surface area contributed by atoms with Gasteiger partial charge in [-0.15, -0.1) is 0 Å². The molecule has 0 radical (unpaired) electrons. The molecule has 0 bridgehead atoms. The molecule has 0 unspecified atom stereocenters. The Kier molecular flexibility index (Phi) is 5.35. The van der Waals surface area contributed by atoms with E-state index in [0.717, 1.165) is 60.2 Å². The molecule has 1 saturated heterocycles. The van der Waals surface area contributed by atoms with Crippen LogP contribution in [0.25, 0.3) is 22.2 Å². The Morgan fingerprint density at radius 1 is 1.18 bits per heavy atom. The summed E-state index contributed by atoms with van der Waals surface area (Å²) >= 11 is 0. The van der Waals surface area contributed by atoms with Crippen LogP contribution in [0.2, 0.25) is 0 Å². The molecular formula is C23H26N4O. The third-order valence-electron chi connectivity index (χ3n) is 5.47. The van der Waals surface area contributed by atoms with Gasteiger partial charge in [0.15, 0.2) is 0 Å². The number of nitrogens with zero attached hydrogens (tertiary/aromatic N) is 3. The first-order valence-electron chi connectivity index (χ1n) is 9.98. The molecular weight excluding hydrogens is 348 g/mol. The van der Waals surface area contributed by atoms with Gasteiger partial charge in [-0.05, 0) is 69.7 Å². The second-order valence-corrected chi connectivity index (χ2v) is 7.55. The lowest BCUT2D eigenvalue weighted by Gasteiger charge is -2.29. The third kappa shape index (κ3) is 4.04. The number of nitrogens with one attached hydrogen (secondary N) is 1. The van der Waals surface area contributed by atoms with Crippen LogP contribution in [0, 0.1) is 0 Å². The minimum Gasteiger partial charge on any atom is -0.349 e. The maximum absolute atomic E-state index is 12.7. The van der Waals surface area contributed by atoms with E-state index < -0.39 is 0 Å². The fourth-order valence-corrected chi connectivity index (χ4v) is 3.65. The minimum absolute atomic E-state index is 0.00494. The predicted octanol–water partition coefficient (Wildman–Crippen LogP) is 3.68. The summed E-state index contributed by atoms with van der Waals surface area (Å²) in [5, 5.41) is 4.21. The molecule has 144 valence electrons. The number of carbonyl (C=O) groups excluding carboxylic acids is 1. The number of likely N-dealkylation sites (tertiary alicyclic amines) is 1. The van der Waals surface area contributed by atoms with Crippen molar-refractivity contribution in [2.24, 2.45) is 0 Å². The lowest BCUT2D eigenvalue weighted by molar-refractivity contribution is 0.0917. The largest absolute Gasteiger partial charge is 0.349 e. The normalized spacial score (nSPS) is 15.6. The van der Waals surface area contributed by atoms with Crippen LogP contribution in [0.3, 0.4) is 0 Å². The Morgan fingerprint density at radius 3 is 2.79 bits per heavy atom. The number of benzene rings is 1. The van der Waals surface area contributed by atoms with Gasteiger partial charge in [0.2, 0.25) is 0 Å². The zero-order chi connectivity index (χ0) is 19.5. The molecule has 0 saturated carbocycles. The van der Waals surface area contributed by atoms with Crippen molar-refractivity contribution in [3.8, 4) is 11.3 Å². The monoisotopic (exact) mass is 374 g/mol. The maximum Gasteiger partial charge on any atom is 0.251 e. The van der Waals surface area contributed by atoms with Crippen LogP contribution in [0.15, 0.2) is 48.7 Å². The molecule has 1 aromatic carbocycles. The standard InChI is InChI=1S/C23H26N4O/c1-3-19-14-22-18(15-24-19)7-8-21(26-22)16-5-4-6-17(13-16)23(28)25-20-9-11-27(2)12-10-20/h4-8,13-15,20H,3,9-12H2,1-2H3,(H,25,28). The van der Waals surface area contributed by atoms with Crippen LogP contribution in [0.1, 0.15) is 35.8 Å². The lowest BCUT2D eigenvalue weighted by Crippen LogP contribution is -2.43. The Balaban J connectivity index is 1.56. The number of fused-ring (bicyclic) bond motifs is 1. The fourth-order valence-electron chi connectivity index (χ4n) is 3.65. The molecule has 1 aliphatic rings. The summed E-state index contributed by atoms with van der Waals surface area (Å²) < 4.78 is 0. The maximum atomic E-state index is 12.7. The number of rotatable bonds is 4. The van der Waals surface area contributed by atoms with Gasteiger partial charge >= 0.3 is 0 Å². The molecule has 1 amide bonds. The van der Waals surface area contributed by atoms with E-state index in [2.05, 4.69) is 29.2 Å². The molecule has 2 aromatic heterocycles. The SMILES string of the molecule is CCc1cc2nc(-c3cccc(C(=O)NC4CCN(C)CC4)c3)ccc2cn1. The average molecular weight is 374 g/mol. The highest BCUT2D eigenvalue weighted by Gasteiger charge is 2.19. The number of hydrogen-bond acceptors (Lipinski definition) is 4. The zero-order valence-corrected chi connectivity index (χ0v) is 16.5. The van der Waals surface area contributed by atoms with Crippen molar-refractivity contribution < 1.29 is 4.79 Å². The quantitative estimate of drug-likeness (QED) is 0.757. The van der Waals surface area contributed by atoms with Gasteiger partial charge in [0, 0.05) is 34.4 Å². The van der Waals surface area contributed by atoms with Crippen LogP contribution in [-0.2, 0) is 6.42 Å². The van der Waals surface area contributed by atoms with Gasteiger partial charge < -0.3 is 10.2 Å². The van der Waals surface area contributed by atoms with Gasteiger partial charge in [-0.3, -0.25) is 9.78 Å². The number of amides is 1. The predicted molar refractivity (Wildman–Crippen MR) is 112 cm³/mol. The summed E-state index contributed by atoms with van der Waals surface area (Å²) in [5.41, 5.74) is 4.47. The Bertz CT molecular complexity index is 993. The number of aromatic nitrogens is 2. The van der Waals surface area contributed by atoms with E-state index in [-0.39, 0.29) is 11.9 Å². The molecule has 0 atom stereocenters. The highest BCUT2D eigenvalue weighted by Crippen LogP contribution is 2.22. The van der Waals surface area contributed by atoms with Crippen molar-refractivity contribution in [3.05, 3.63) is 59.9 Å². The molecule has 3 aromatic rings. The Labute approximate surface area is 165 Å². The van der Waals surface area contributed by atoms with Crippen LogP contribution in [-0.4, -0.2) is 47.0 Å². The van der Waals surface area contributed by atoms with Gasteiger partial charge in [-0.1, -0.05) is 19.1 Å². The molecule has 5 nitrogen and oxygen atoms in total. The topological polar surface area (TPSA) is 58.1 Å². The van der Waals surface area contributed by atoms with Gasteiger partial charge in [-0.25, -0.2) is 4.98 Å². The minimum atomic E-state index is -0.00494. The number of aryl methyl sites for hydroxylation is 1. The number of pyridine rings is 2. The van der Waals surface area contributed by atoms with Crippen LogP contribution in [0.4, 0.5) is 0 Å². The first kappa shape index (κ1) is 18.6. The van der Waals surface area contributed by atoms with Crippen molar-refractivity contribution in [1.29, 1.82) is 0 Å². The van der Waals surface area contributed by atoms with Crippen molar-refractivity contribution >= 4 is 16.8 Å². The van der Waals surface area contributed by atoms with Crippen LogP contribution in [0.5, 0.6) is 0 Å². The summed E-state index contributed by atoms with van der Waals surface area (Å²) in [6.45, 7) is 4.14. The third-order valence-corrected chi connectivity index (χ3v) is 5.47. The second kappa shape index (κ2) is 8.07. The molecule has 0 spiro atoms. The highest BCUT2D eigenvalue weighted by atomic mass is 16.1. The Morgan fingerprint density at radius 2 is 2.00 bits per heavy atom. The summed E-state index contributed by atoms with van der Waals surface area (Å²) in [5.74, 6) is -0.00494. The van der Waals surface area contributed by atoms with Gasteiger partial charge in [0.25, 0.3) is 5.91 Å². The molecule has 3 heterocycles. The molecule has 0 aliphatic carbocycles. The zero-order valence-electron chi connectivity index (χ0n) is 16.5. The molecule has 4 rings (SSSR count). The van der Waals surface area contributed by atoms with E-state index in [4.69, 9.17) is 4.98 Å². The van der Waals surface area contributed by atoms with Crippen molar-refractivity contribution in [1.82, 2.24) is 20.2 Å². The lowest BCUT2D eigenvalue weighted by atomic mass is 10.0. The first-order valence-corrected chi connectivity index (χ1v) is 9.98. The molecule has 1 N–H and O–H groups in total. The number of piperidine rings is 1. The molecule has 28 heavy (non-hydrogen) atoms. The smallest absolute Gasteiger partial charge is 0.251 e. The van der Waals surface area contributed by atoms with Crippen molar-refractivity contribution in [2.45, 2.75) is 32.2 Å². The summed E-state index contributed by atoms with van der Waals surface area (Å²) in [6.07, 6.45) is 4.76. The van der Waals surface area contributed by atoms with Gasteiger partial charge in [0.1, 0.15) is 0 Å². The molecule has 5 heteroatoms. The van der Waals surface area contributed by atoms with Gasteiger partial charge in [0.05, 0.1) is 11.2 Å². The van der Waals surface area contributed by atoms with Crippen LogP contribution < -0.4 is 5.32 Å². The fraction of sp³-hybridized carbons (Fsp3) is 0.348. The van der Waals surface area contributed by atoms with Crippen LogP contribution >= 0.6 is 0 Å². The van der Waals surface area contributed by atoms with E-state index >= 15 is 0 Å². The first-order chi connectivity index (χ1) is 13.6. The number of carbonyl (C=O) groups is 1. The average Bonchev–Trinajstić information content (AvgIpc) is 2.74. The van der Waals surface area contributed by atoms with E-state index in [0.29, 0.717) is 5.56 Å². The van der Waals surface area contributed by atoms with E-state index in [9.17, 15) is 4.79 Å². The van der Waals surface area contributed by atoms with E-state index in [1.165, 1.54) is 0 Å². The van der Waals surface area contributed by atoms with E-state index in [1.54, 1.807) is 0 Å². The van der Waals surface area contributed by atoms with E-state index in [1.807, 2.05) is 48.7 Å². The summed E-state index contributed by atoms with van der Waals surface area (Å²) in [6, 6.07) is 14.0. The second-order valence-electron chi connectivity index (χ2n) is 7.55.